The van der Waals surface area contributed by atoms with Gasteiger partial charge in [0.2, 0.25) is 5.91 Å². The summed E-state index contributed by atoms with van der Waals surface area (Å²) in [4.78, 5) is 14.2. The molecule has 2 nitrogen and oxygen atoms in total. The molecule has 1 amide bonds. The Kier molecular flexibility index (Phi) is 4.18. The first kappa shape index (κ1) is 16.3. The molecule has 0 saturated carbocycles. The van der Waals surface area contributed by atoms with Crippen molar-refractivity contribution in [1.29, 1.82) is 0 Å². The minimum absolute atomic E-state index is 0.0726. The van der Waals surface area contributed by atoms with Crippen molar-refractivity contribution in [3.8, 4) is 0 Å². The van der Waals surface area contributed by atoms with E-state index in [2.05, 4.69) is 60.7 Å². The fourth-order valence-electron chi connectivity index (χ4n) is 3.81. The number of nitrogens with zero attached hydrogens (tertiary/aromatic N) is 1. The van der Waals surface area contributed by atoms with Gasteiger partial charge in [-0.05, 0) is 22.8 Å². The van der Waals surface area contributed by atoms with E-state index in [1.165, 1.54) is 11.1 Å². The first-order valence-electron chi connectivity index (χ1n) is 8.88. The summed E-state index contributed by atoms with van der Waals surface area (Å²) >= 11 is 0. The van der Waals surface area contributed by atoms with Crippen molar-refractivity contribution in [3.05, 3.63) is 108 Å². The summed E-state index contributed by atoms with van der Waals surface area (Å²) in [6, 6.07) is 29.0. The summed E-state index contributed by atoms with van der Waals surface area (Å²) in [5.41, 5.74) is 4.18. The molecule has 0 radical (unpaired) electrons. The smallest absolute Gasteiger partial charge is 0.223 e. The number of hydrogen-bond donors (Lipinski definition) is 0. The third-order valence-electron chi connectivity index (χ3n) is 5.11. The molecule has 1 aliphatic rings. The van der Waals surface area contributed by atoms with Gasteiger partial charge < -0.3 is 4.90 Å². The van der Waals surface area contributed by atoms with Gasteiger partial charge >= 0.3 is 0 Å². The van der Waals surface area contributed by atoms with Crippen molar-refractivity contribution < 1.29 is 4.79 Å². The van der Waals surface area contributed by atoms with Gasteiger partial charge in [0, 0.05) is 19.2 Å². The van der Waals surface area contributed by atoms with Crippen LogP contribution < -0.4 is 4.90 Å². The maximum atomic E-state index is 12.3. The summed E-state index contributed by atoms with van der Waals surface area (Å²) in [6.07, 6.45) is 4.41. The molecular weight excluding hydrogens is 318 g/mol. The van der Waals surface area contributed by atoms with E-state index in [1.54, 1.807) is 6.92 Å². The maximum Gasteiger partial charge on any atom is 0.223 e. The van der Waals surface area contributed by atoms with E-state index in [-0.39, 0.29) is 11.3 Å². The van der Waals surface area contributed by atoms with E-state index < -0.39 is 0 Å². The van der Waals surface area contributed by atoms with E-state index in [4.69, 9.17) is 0 Å². The topological polar surface area (TPSA) is 20.3 Å². The monoisotopic (exact) mass is 339 g/mol. The SMILES string of the molecule is CC(=O)N1CC(/C=C/c2ccccc2)(c2ccccc2)c2ccccc21. The predicted molar refractivity (Wildman–Crippen MR) is 107 cm³/mol. The predicted octanol–water partition coefficient (Wildman–Crippen LogP) is 5.05. The minimum Gasteiger partial charge on any atom is -0.311 e. The van der Waals surface area contributed by atoms with Crippen molar-refractivity contribution in [3.63, 3.8) is 0 Å². The highest BCUT2D eigenvalue weighted by molar-refractivity contribution is 5.95. The molecule has 1 heterocycles. The number of hydrogen-bond acceptors (Lipinski definition) is 1. The molecule has 0 fully saturated rings. The molecule has 2 heteroatoms. The molecule has 1 aliphatic heterocycles. The van der Waals surface area contributed by atoms with Gasteiger partial charge in [0.25, 0.3) is 0 Å². The summed E-state index contributed by atoms with van der Waals surface area (Å²) in [7, 11) is 0. The lowest BCUT2D eigenvalue weighted by atomic mass is 9.75. The van der Waals surface area contributed by atoms with Crippen LogP contribution in [0.3, 0.4) is 0 Å². The highest BCUT2D eigenvalue weighted by atomic mass is 16.2. The Morgan fingerprint density at radius 2 is 1.50 bits per heavy atom. The van der Waals surface area contributed by atoms with Gasteiger partial charge in [0.15, 0.2) is 0 Å². The van der Waals surface area contributed by atoms with Gasteiger partial charge in [0.05, 0.1) is 5.41 Å². The van der Waals surface area contributed by atoms with Gasteiger partial charge in [-0.3, -0.25) is 4.79 Å². The fourth-order valence-corrected chi connectivity index (χ4v) is 3.81. The Morgan fingerprint density at radius 1 is 0.885 bits per heavy atom. The highest BCUT2D eigenvalue weighted by Gasteiger charge is 2.43. The van der Waals surface area contributed by atoms with Gasteiger partial charge in [-0.25, -0.2) is 0 Å². The van der Waals surface area contributed by atoms with Crippen LogP contribution in [0.25, 0.3) is 6.08 Å². The molecule has 1 atom stereocenters. The molecule has 0 aliphatic carbocycles. The van der Waals surface area contributed by atoms with Gasteiger partial charge in [-0.15, -0.1) is 0 Å². The number of carbonyl (C=O) groups excluding carboxylic acids is 1. The third-order valence-corrected chi connectivity index (χ3v) is 5.11. The molecule has 26 heavy (non-hydrogen) atoms. The summed E-state index contributed by atoms with van der Waals surface area (Å²) < 4.78 is 0. The molecule has 4 rings (SSSR count). The number of anilines is 1. The normalized spacial score (nSPS) is 18.9. The van der Waals surface area contributed by atoms with Gasteiger partial charge in [-0.2, -0.15) is 0 Å². The molecule has 0 bridgehead atoms. The second-order valence-electron chi connectivity index (χ2n) is 6.70. The van der Waals surface area contributed by atoms with Crippen LogP contribution in [0.15, 0.2) is 91.0 Å². The zero-order valence-corrected chi connectivity index (χ0v) is 14.8. The van der Waals surface area contributed by atoms with Crippen LogP contribution in [-0.2, 0) is 10.2 Å². The number of amides is 1. The lowest BCUT2D eigenvalue weighted by Gasteiger charge is -2.28. The Labute approximate surface area is 154 Å². The molecule has 0 saturated heterocycles. The Bertz CT molecular complexity index is 946. The summed E-state index contributed by atoms with van der Waals surface area (Å²) in [5, 5.41) is 0. The fraction of sp³-hybridized carbons (Fsp3) is 0.125. The van der Waals surface area contributed by atoms with E-state index >= 15 is 0 Å². The maximum absolute atomic E-state index is 12.3. The van der Waals surface area contributed by atoms with Crippen LogP contribution >= 0.6 is 0 Å². The zero-order valence-electron chi connectivity index (χ0n) is 14.8. The van der Waals surface area contributed by atoms with Gasteiger partial charge in [0.1, 0.15) is 0 Å². The molecule has 3 aromatic carbocycles. The van der Waals surface area contributed by atoms with Crippen molar-refractivity contribution in [2.24, 2.45) is 0 Å². The third kappa shape index (κ3) is 2.74. The van der Waals surface area contributed by atoms with E-state index in [0.717, 1.165) is 11.3 Å². The van der Waals surface area contributed by atoms with Crippen molar-refractivity contribution in [2.75, 3.05) is 11.4 Å². The van der Waals surface area contributed by atoms with Crippen LogP contribution in [0, 0.1) is 0 Å². The Hall–Kier alpha value is -3.13. The molecule has 0 spiro atoms. The Balaban J connectivity index is 1.91. The average Bonchev–Trinajstić information content (AvgIpc) is 3.04. The summed E-state index contributed by atoms with van der Waals surface area (Å²) in [6.45, 7) is 2.26. The van der Waals surface area contributed by atoms with E-state index in [1.807, 2.05) is 41.3 Å². The largest absolute Gasteiger partial charge is 0.311 e. The number of para-hydroxylation sites is 1. The second-order valence-corrected chi connectivity index (χ2v) is 6.70. The van der Waals surface area contributed by atoms with Crippen LogP contribution in [0.5, 0.6) is 0 Å². The lowest BCUT2D eigenvalue weighted by Crippen LogP contribution is -2.35. The van der Waals surface area contributed by atoms with Crippen LogP contribution in [0.2, 0.25) is 0 Å². The van der Waals surface area contributed by atoms with Crippen molar-refractivity contribution in [1.82, 2.24) is 0 Å². The van der Waals surface area contributed by atoms with Crippen LogP contribution in [0.4, 0.5) is 5.69 Å². The highest BCUT2D eigenvalue weighted by Crippen LogP contribution is 2.46. The van der Waals surface area contributed by atoms with Gasteiger partial charge in [-0.1, -0.05) is 91.0 Å². The lowest BCUT2D eigenvalue weighted by molar-refractivity contribution is -0.116. The van der Waals surface area contributed by atoms with Crippen LogP contribution in [0.1, 0.15) is 23.6 Å². The number of fused-ring (bicyclic) bond motifs is 1. The quantitative estimate of drug-likeness (QED) is 0.654. The first-order valence-corrected chi connectivity index (χ1v) is 8.88. The van der Waals surface area contributed by atoms with Crippen molar-refractivity contribution in [2.45, 2.75) is 12.3 Å². The first-order chi connectivity index (χ1) is 12.7. The molecule has 0 aromatic heterocycles. The average molecular weight is 339 g/mol. The molecule has 3 aromatic rings. The van der Waals surface area contributed by atoms with E-state index in [0.29, 0.717) is 6.54 Å². The molecule has 0 N–H and O–H groups in total. The molecular formula is C24H21NO. The Morgan fingerprint density at radius 3 is 2.19 bits per heavy atom. The van der Waals surface area contributed by atoms with Crippen LogP contribution in [-0.4, -0.2) is 12.5 Å². The van der Waals surface area contributed by atoms with Crippen molar-refractivity contribution >= 4 is 17.7 Å². The summed E-state index contributed by atoms with van der Waals surface area (Å²) in [5.74, 6) is 0.0726. The zero-order chi connectivity index (χ0) is 18.0. The second kappa shape index (κ2) is 6.64. The number of rotatable bonds is 3. The number of benzene rings is 3. The number of carbonyl (C=O) groups is 1. The standard InChI is InChI=1S/C24H21NO/c1-19(26)25-18-24(21-12-6-3-7-13-21,22-14-8-9-15-23(22)25)17-16-20-10-4-2-5-11-20/h2-17H,18H2,1H3/b17-16+. The van der Waals surface area contributed by atoms with E-state index in [9.17, 15) is 4.79 Å². The molecule has 128 valence electrons. The molecule has 1 unspecified atom stereocenters. The minimum atomic E-state index is -0.348.